The first kappa shape index (κ1) is 106. The Morgan fingerprint density at radius 3 is 0.657 bits per heavy atom. The number of phosphoric acid groups is 2. The zero-order chi connectivity index (χ0) is 79.0. The maximum absolute atomic E-state index is 13.2. The van der Waals surface area contributed by atoms with Crippen molar-refractivity contribution in [2.45, 2.75) is 502 Å². The molecule has 0 fully saturated rings. The van der Waals surface area contributed by atoms with E-state index < -0.39 is 97.5 Å². The van der Waals surface area contributed by atoms with Crippen molar-refractivity contribution < 1.29 is 80.2 Å². The van der Waals surface area contributed by atoms with Crippen molar-refractivity contribution in [1.82, 2.24) is 0 Å². The van der Waals surface area contributed by atoms with E-state index in [2.05, 4.69) is 34.6 Å². The molecular weight excluding hydrogens is 1400 g/mol. The molecule has 3 N–H and O–H groups in total. The summed E-state index contributed by atoms with van der Waals surface area (Å²) >= 11 is 0. The molecule has 108 heavy (non-hydrogen) atoms. The summed E-state index contributed by atoms with van der Waals surface area (Å²) < 4.78 is 69.0. The zero-order valence-corrected chi connectivity index (χ0v) is 72.8. The Kier molecular flexibility index (Phi) is 80.2. The molecule has 0 aromatic rings. The summed E-state index contributed by atoms with van der Waals surface area (Å²) in [6.07, 6.45) is 76.4. The van der Waals surface area contributed by atoms with Crippen LogP contribution in [0.15, 0.2) is 0 Å². The molecule has 0 aliphatic rings. The van der Waals surface area contributed by atoms with Gasteiger partial charge in [0, 0.05) is 25.7 Å². The first-order chi connectivity index (χ1) is 52.6. The fraction of sp³-hybridized carbons (Fsp3) is 0.955. The van der Waals surface area contributed by atoms with Crippen molar-refractivity contribution in [3.8, 4) is 0 Å². The molecule has 0 spiro atoms. The Labute approximate surface area is 664 Å². The highest BCUT2D eigenvalue weighted by Crippen LogP contribution is 2.45. The number of ether oxygens (including phenoxy) is 4. The minimum absolute atomic E-state index is 0.108. The van der Waals surface area contributed by atoms with Gasteiger partial charge in [0.05, 0.1) is 26.4 Å². The first-order valence-electron chi connectivity index (χ1n) is 46.2. The van der Waals surface area contributed by atoms with Gasteiger partial charge in [-0.1, -0.05) is 433 Å². The molecule has 19 heteroatoms. The van der Waals surface area contributed by atoms with Gasteiger partial charge in [0.15, 0.2) is 12.2 Å². The SMILES string of the molecule is CCCCCCCCCCCCCCCCCCCCCCCC(=O)O[C@H](COC(=O)CCCCCCCCCCCCCCCCCCCCC)COP(=O)(O)OC[C@@H](O)COP(=O)(O)OC[C@@H](COC(=O)CCCCCCCCCCCC)OC(=O)CCCCCCCCCCCCCCCCC(C)CC. The molecule has 0 saturated carbocycles. The predicted molar refractivity (Wildman–Crippen MR) is 446 cm³/mol. The molecule has 6 atom stereocenters. The van der Waals surface area contributed by atoms with E-state index >= 15 is 0 Å². The molecule has 0 heterocycles. The summed E-state index contributed by atoms with van der Waals surface area (Å²) in [7, 11) is -9.93. The standard InChI is InChI=1S/C89H174O17P2/c1-6-10-13-16-19-22-25-27-29-31-33-34-36-38-40-45-49-54-59-64-69-74-88(93)106-85(79-100-87(92)73-68-63-58-53-48-44-39-37-35-32-30-28-26-23-20-17-14-11-7-2)81-104-108(97,98)102-77-83(90)76-101-107(95,96)103-80-84(78-99-86(91)72-67-62-57-52-24-21-18-15-12-8-3)105-89(94)75-70-65-60-55-50-46-42-41-43-47-51-56-61-66-71-82(5)9-4/h82-85,90H,6-81H2,1-5H3,(H,95,96)(H,97,98)/t82?,83-,84+,85+/m0/s1. The lowest BCUT2D eigenvalue weighted by Crippen LogP contribution is -2.30. The second-order valence-corrected chi connectivity index (χ2v) is 35.1. The van der Waals surface area contributed by atoms with Crippen LogP contribution in [0.1, 0.15) is 484 Å². The molecule has 0 radical (unpaired) electrons. The molecule has 0 aromatic heterocycles. The highest BCUT2D eigenvalue weighted by Gasteiger charge is 2.31. The summed E-state index contributed by atoms with van der Waals surface area (Å²) in [5.41, 5.74) is 0. The molecule has 0 aromatic carbocycles. The Hall–Kier alpha value is -1.94. The van der Waals surface area contributed by atoms with Gasteiger partial charge in [-0.05, 0) is 31.6 Å². The van der Waals surface area contributed by atoms with Crippen LogP contribution < -0.4 is 0 Å². The predicted octanol–water partition coefficient (Wildman–Crippen LogP) is 27.5. The maximum Gasteiger partial charge on any atom is 0.472 e. The van der Waals surface area contributed by atoms with E-state index in [0.29, 0.717) is 25.7 Å². The van der Waals surface area contributed by atoms with E-state index in [1.807, 2.05) is 0 Å². The fourth-order valence-electron chi connectivity index (χ4n) is 14.0. The largest absolute Gasteiger partial charge is 0.472 e. The third-order valence-electron chi connectivity index (χ3n) is 21.4. The number of unbranched alkanes of at least 4 members (excludes halogenated alkanes) is 60. The molecule has 0 aliphatic heterocycles. The molecule has 0 amide bonds. The minimum atomic E-state index is -4.97. The van der Waals surface area contributed by atoms with Gasteiger partial charge in [0.1, 0.15) is 19.3 Å². The topological polar surface area (TPSA) is 237 Å². The van der Waals surface area contributed by atoms with E-state index in [9.17, 15) is 43.2 Å². The van der Waals surface area contributed by atoms with Gasteiger partial charge in [0.2, 0.25) is 0 Å². The number of carbonyl (C=O) groups excluding carboxylic acids is 4. The Bertz CT molecular complexity index is 2050. The average Bonchev–Trinajstić information content (AvgIpc) is 0.909. The van der Waals surface area contributed by atoms with Gasteiger partial charge in [-0.15, -0.1) is 0 Å². The summed E-state index contributed by atoms with van der Waals surface area (Å²) in [6, 6.07) is 0. The molecular formula is C89H174O17P2. The van der Waals surface area contributed by atoms with E-state index in [4.69, 9.17) is 37.0 Å². The van der Waals surface area contributed by atoms with Crippen LogP contribution >= 0.6 is 15.6 Å². The van der Waals surface area contributed by atoms with Gasteiger partial charge in [-0.2, -0.15) is 0 Å². The summed E-state index contributed by atoms with van der Waals surface area (Å²) in [5, 5.41) is 10.7. The van der Waals surface area contributed by atoms with Gasteiger partial charge in [0.25, 0.3) is 0 Å². The number of hydrogen-bond donors (Lipinski definition) is 3. The Morgan fingerprint density at radius 1 is 0.259 bits per heavy atom. The first-order valence-corrected chi connectivity index (χ1v) is 49.2. The number of aliphatic hydroxyl groups excluding tert-OH is 1. The van der Waals surface area contributed by atoms with Crippen molar-refractivity contribution in [3.05, 3.63) is 0 Å². The van der Waals surface area contributed by atoms with Crippen molar-refractivity contribution in [2.75, 3.05) is 39.6 Å². The summed E-state index contributed by atoms with van der Waals surface area (Å²) in [6.45, 7) is 7.43. The Morgan fingerprint density at radius 2 is 0.444 bits per heavy atom. The van der Waals surface area contributed by atoms with E-state index in [1.54, 1.807) is 0 Å². The highest BCUT2D eigenvalue weighted by atomic mass is 31.2. The van der Waals surface area contributed by atoms with Crippen molar-refractivity contribution in [2.24, 2.45) is 5.92 Å². The normalized spacial score (nSPS) is 14.0. The molecule has 0 rings (SSSR count). The monoisotopic (exact) mass is 1580 g/mol. The van der Waals surface area contributed by atoms with Gasteiger partial charge >= 0.3 is 39.5 Å². The maximum atomic E-state index is 13.2. The Balaban J connectivity index is 5.22. The lowest BCUT2D eigenvalue weighted by molar-refractivity contribution is -0.161. The zero-order valence-electron chi connectivity index (χ0n) is 71.0. The quantitative estimate of drug-likeness (QED) is 0.0222. The lowest BCUT2D eigenvalue weighted by atomic mass is 9.99. The second-order valence-electron chi connectivity index (χ2n) is 32.2. The van der Waals surface area contributed by atoms with Crippen LogP contribution in [-0.2, 0) is 65.4 Å². The van der Waals surface area contributed by atoms with Crippen LogP contribution in [0.4, 0.5) is 0 Å². The van der Waals surface area contributed by atoms with Gasteiger partial charge in [-0.25, -0.2) is 9.13 Å². The van der Waals surface area contributed by atoms with Crippen LogP contribution in [0.3, 0.4) is 0 Å². The minimum Gasteiger partial charge on any atom is -0.462 e. The van der Waals surface area contributed by atoms with Crippen LogP contribution in [0.2, 0.25) is 0 Å². The number of phosphoric ester groups is 2. The number of hydrogen-bond acceptors (Lipinski definition) is 15. The number of esters is 4. The number of rotatable bonds is 89. The van der Waals surface area contributed by atoms with Crippen molar-refractivity contribution >= 4 is 39.5 Å². The molecule has 0 saturated heterocycles. The van der Waals surface area contributed by atoms with Crippen molar-refractivity contribution in [3.63, 3.8) is 0 Å². The van der Waals surface area contributed by atoms with Crippen LogP contribution in [-0.4, -0.2) is 96.7 Å². The van der Waals surface area contributed by atoms with E-state index in [-0.39, 0.29) is 25.7 Å². The van der Waals surface area contributed by atoms with Crippen LogP contribution in [0.25, 0.3) is 0 Å². The van der Waals surface area contributed by atoms with Gasteiger partial charge < -0.3 is 33.8 Å². The van der Waals surface area contributed by atoms with Crippen LogP contribution in [0.5, 0.6) is 0 Å². The molecule has 3 unspecified atom stereocenters. The van der Waals surface area contributed by atoms with Gasteiger partial charge in [-0.3, -0.25) is 37.3 Å². The smallest absolute Gasteiger partial charge is 0.462 e. The summed E-state index contributed by atoms with van der Waals surface area (Å²) in [4.78, 5) is 73.3. The third kappa shape index (κ3) is 80.7. The number of carbonyl (C=O) groups is 4. The molecule has 0 bridgehead atoms. The lowest BCUT2D eigenvalue weighted by Gasteiger charge is -2.21. The highest BCUT2D eigenvalue weighted by molar-refractivity contribution is 7.47. The number of aliphatic hydroxyl groups is 1. The second kappa shape index (κ2) is 81.6. The average molecular weight is 1580 g/mol. The molecule has 642 valence electrons. The molecule has 0 aliphatic carbocycles. The van der Waals surface area contributed by atoms with Crippen molar-refractivity contribution in [1.29, 1.82) is 0 Å². The van der Waals surface area contributed by atoms with Crippen LogP contribution in [0, 0.1) is 5.92 Å². The fourth-order valence-corrected chi connectivity index (χ4v) is 15.5. The molecule has 17 nitrogen and oxygen atoms in total. The van der Waals surface area contributed by atoms with E-state index in [0.717, 1.165) is 95.8 Å². The third-order valence-corrected chi connectivity index (χ3v) is 23.3. The van der Waals surface area contributed by atoms with E-state index in [1.165, 1.54) is 308 Å². The summed E-state index contributed by atoms with van der Waals surface area (Å²) in [5.74, 6) is -1.25.